The fraction of sp³-hybridized carbons (Fsp3) is 0.600. The van der Waals surface area contributed by atoms with Crippen LogP contribution in [0.25, 0.3) is 0 Å². The summed E-state index contributed by atoms with van der Waals surface area (Å²) in [6.07, 6.45) is 3.77. The summed E-state index contributed by atoms with van der Waals surface area (Å²) < 4.78 is 5.17. The molecule has 0 bridgehead atoms. The summed E-state index contributed by atoms with van der Waals surface area (Å²) >= 11 is 0. The first kappa shape index (κ1) is 16.4. The molecule has 5 heteroatoms. The van der Waals surface area contributed by atoms with Gasteiger partial charge in [-0.15, -0.1) is 0 Å². The predicted octanol–water partition coefficient (Wildman–Crippen LogP) is 3.31. The van der Waals surface area contributed by atoms with E-state index in [2.05, 4.69) is 19.2 Å². The first-order valence-corrected chi connectivity index (χ1v) is 7.17. The molecule has 5 nitrogen and oxygen atoms in total. The molecule has 1 rings (SSSR count). The second-order valence-electron chi connectivity index (χ2n) is 4.90. The van der Waals surface area contributed by atoms with E-state index in [0.29, 0.717) is 12.2 Å². The van der Waals surface area contributed by atoms with Crippen molar-refractivity contribution in [2.45, 2.75) is 45.6 Å². The van der Waals surface area contributed by atoms with E-state index in [-0.39, 0.29) is 16.7 Å². The minimum atomic E-state index is -0.322. The van der Waals surface area contributed by atoms with Crippen LogP contribution < -0.4 is 10.1 Å². The monoisotopic (exact) mass is 280 g/mol. The first-order chi connectivity index (χ1) is 9.62. The summed E-state index contributed by atoms with van der Waals surface area (Å²) in [5.74, 6) is 0.663. The Balaban J connectivity index is 2.93. The van der Waals surface area contributed by atoms with Gasteiger partial charge in [0.25, 0.3) is 5.69 Å². The Morgan fingerprint density at radius 1 is 1.35 bits per heavy atom. The zero-order chi connectivity index (χ0) is 15.0. The van der Waals surface area contributed by atoms with E-state index in [4.69, 9.17) is 4.74 Å². The maximum Gasteiger partial charge on any atom is 0.272 e. The predicted molar refractivity (Wildman–Crippen MR) is 80.3 cm³/mol. The number of benzene rings is 1. The molecule has 0 aliphatic heterocycles. The zero-order valence-corrected chi connectivity index (χ0v) is 12.5. The van der Waals surface area contributed by atoms with Crippen molar-refractivity contribution in [3.63, 3.8) is 0 Å². The lowest BCUT2D eigenvalue weighted by molar-refractivity contribution is -0.385. The molecular formula is C15H24N2O3. The second kappa shape index (κ2) is 8.53. The summed E-state index contributed by atoms with van der Waals surface area (Å²) in [6, 6.07) is 5.20. The molecule has 20 heavy (non-hydrogen) atoms. The standard InChI is InChI=1S/C15H24N2O3/c1-4-6-13(16-9-5-2)10-12-11-14(20-3)7-8-15(12)17(18)19/h7-8,11,13,16H,4-6,9-10H2,1-3H3. The van der Waals surface area contributed by atoms with Gasteiger partial charge >= 0.3 is 0 Å². The second-order valence-corrected chi connectivity index (χ2v) is 4.90. The van der Waals surface area contributed by atoms with Crippen LogP contribution in [0.5, 0.6) is 5.75 Å². The van der Waals surface area contributed by atoms with Crippen LogP contribution in [0, 0.1) is 10.1 Å². The molecule has 0 saturated carbocycles. The highest BCUT2D eigenvalue weighted by atomic mass is 16.6. The molecule has 0 fully saturated rings. The number of hydrogen-bond donors (Lipinski definition) is 1. The number of nitrogens with zero attached hydrogens (tertiary/aromatic N) is 1. The van der Waals surface area contributed by atoms with Crippen LogP contribution in [0.15, 0.2) is 18.2 Å². The van der Waals surface area contributed by atoms with Crippen LogP contribution >= 0.6 is 0 Å². The SMILES string of the molecule is CCCNC(CCC)Cc1cc(OC)ccc1[N+](=O)[O-]. The number of rotatable bonds is 9. The first-order valence-electron chi connectivity index (χ1n) is 7.17. The van der Waals surface area contributed by atoms with E-state index in [1.165, 1.54) is 6.07 Å². The van der Waals surface area contributed by atoms with Gasteiger partial charge in [-0.25, -0.2) is 0 Å². The number of nitro groups is 1. The lowest BCUT2D eigenvalue weighted by Crippen LogP contribution is -2.31. The molecule has 0 amide bonds. The molecule has 0 spiro atoms. The number of methoxy groups -OCH3 is 1. The molecule has 0 aromatic heterocycles. The molecule has 0 saturated heterocycles. The van der Waals surface area contributed by atoms with Gasteiger partial charge in [-0.2, -0.15) is 0 Å². The molecule has 1 N–H and O–H groups in total. The number of nitro benzene ring substituents is 1. The maximum absolute atomic E-state index is 11.1. The highest BCUT2D eigenvalue weighted by molar-refractivity contribution is 5.45. The van der Waals surface area contributed by atoms with Crippen molar-refractivity contribution in [2.24, 2.45) is 0 Å². The minimum absolute atomic E-state index is 0.171. The fourth-order valence-electron chi connectivity index (χ4n) is 2.27. The van der Waals surface area contributed by atoms with E-state index in [9.17, 15) is 10.1 Å². The third-order valence-electron chi connectivity index (χ3n) is 3.27. The maximum atomic E-state index is 11.1. The van der Waals surface area contributed by atoms with E-state index in [1.807, 2.05) is 0 Å². The van der Waals surface area contributed by atoms with Crippen LogP contribution in [-0.4, -0.2) is 24.6 Å². The zero-order valence-electron chi connectivity index (χ0n) is 12.5. The normalized spacial score (nSPS) is 12.2. The van der Waals surface area contributed by atoms with Gasteiger partial charge in [0.2, 0.25) is 0 Å². The van der Waals surface area contributed by atoms with Gasteiger partial charge in [-0.05, 0) is 37.9 Å². The average molecular weight is 280 g/mol. The molecule has 1 unspecified atom stereocenters. The van der Waals surface area contributed by atoms with Gasteiger partial charge in [0.05, 0.1) is 12.0 Å². The van der Waals surface area contributed by atoms with Crippen LogP contribution in [0.3, 0.4) is 0 Å². The molecule has 1 atom stereocenters. The van der Waals surface area contributed by atoms with Gasteiger partial charge in [0, 0.05) is 17.7 Å². The Hall–Kier alpha value is -1.62. The van der Waals surface area contributed by atoms with Crippen LogP contribution in [0.1, 0.15) is 38.7 Å². The van der Waals surface area contributed by atoms with E-state index in [1.54, 1.807) is 19.2 Å². The molecular weight excluding hydrogens is 256 g/mol. The molecule has 0 aliphatic carbocycles. The van der Waals surface area contributed by atoms with E-state index >= 15 is 0 Å². The fourth-order valence-corrected chi connectivity index (χ4v) is 2.27. The van der Waals surface area contributed by atoms with Gasteiger partial charge in [-0.1, -0.05) is 20.3 Å². The highest BCUT2D eigenvalue weighted by Gasteiger charge is 2.18. The van der Waals surface area contributed by atoms with Crippen molar-refractivity contribution in [3.05, 3.63) is 33.9 Å². The average Bonchev–Trinajstić information content (AvgIpc) is 2.44. The minimum Gasteiger partial charge on any atom is -0.497 e. The molecule has 1 aromatic rings. The quantitative estimate of drug-likeness (QED) is 0.556. The third-order valence-corrected chi connectivity index (χ3v) is 3.27. The van der Waals surface area contributed by atoms with E-state index in [0.717, 1.165) is 31.4 Å². The van der Waals surface area contributed by atoms with Gasteiger partial charge < -0.3 is 10.1 Å². The van der Waals surface area contributed by atoms with Gasteiger partial charge in [0.15, 0.2) is 0 Å². The third kappa shape index (κ3) is 4.81. The number of nitrogens with one attached hydrogen (secondary N) is 1. The molecule has 0 radical (unpaired) electrons. The summed E-state index contributed by atoms with van der Waals surface area (Å²) in [5, 5.41) is 14.6. The Bertz CT molecular complexity index is 435. The lowest BCUT2D eigenvalue weighted by Gasteiger charge is -2.18. The molecule has 0 aliphatic rings. The summed E-state index contributed by atoms with van der Waals surface area (Å²) in [4.78, 5) is 10.8. The highest BCUT2D eigenvalue weighted by Crippen LogP contribution is 2.25. The topological polar surface area (TPSA) is 64.4 Å². The van der Waals surface area contributed by atoms with Crippen LogP contribution in [0.4, 0.5) is 5.69 Å². The Labute approximate surface area is 120 Å². The Morgan fingerprint density at radius 2 is 2.10 bits per heavy atom. The van der Waals surface area contributed by atoms with E-state index < -0.39 is 0 Å². The summed E-state index contributed by atoms with van der Waals surface area (Å²) in [5.41, 5.74) is 0.904. The van der Waals surface area contributed by atoms with Crippen LogP contribution in [0.2, 0.25) is 0 Å². The van der Waals surface area contributed by atoms with Crippen LogP contribution in [-0.2, 0) is 6.42 Å². The van der Waals surface area contributed by atoms with Crippen molar-refractivity contribution in [3.8, 4) is 5.75 Å². The number of ether oxygens (including phenoxy) is 1. The molecule has 112 valence electrons. The summed E-state index contributed by atoms with van der Waals surface area (Å²) in [6.45, 7) is 5.17. The lowest BCUT2D eigenvalue weighted by atomic mass is 10.00. The van der Waals surface area contributed by atoms with Crippen molar-refractivity contribution in [1.82, 2.24) is 5.32 Å². The largest absolute Gasteiger partial charge is 0.497 e. The van der Waals surface area contributed by atoms with Gasteiger partial charge in [-0.3, -0.25) is 10.1 Å². The van der Waals surface area contributed by atoms with Crippen molar-refractivity contribution >= 4 is 5.69 Å². The molecule has 0 heterocycles. The Kier molecular flexibility index (Phi) is 7.01. The van der Waals surface area contributed by atoms with Crippen molar-refractivity contribution in [1.29, 1.82) is 0 Å². The summed E-state index contributed by atoms with van der Waals surface area (Å²) in [7, 11) is 1.57. The van der Waals surface area contributed by atoms with Gasteiger partial charge in [0.1, 0.15) is 5.75 Å². The molecule has 1 aromatic carbocycles. The van der Waals surface area contributed by atoms with Crippen molar-refractivity contribution in [2.75, 3.05) is 13.7 Å². The number of hydrogen-bond acceptors (Lipinski definition) is 4. The smallest absolute Gasteiger partial charge is 0.272 e. The van der Waals surface area contributed by atoms with Crippen molar-refractivity contribution < 1.29 is 9.66 Å². The Morgan fingerprint density at radius 3 is 2.65 bits per heavy atom.